The van der Waals surface area contributed by atoms with Gasteiger partial charge >= 0.3 is 0 Å². The minimum Gasteiger partial charge on any atom is -0.378 e. The first-order valence-corrected chi connectivity index (χ1v) is 11.6. The molecule has 5 rings (SSSR count). The Kier molecular flexibility index (Phi) is 5.57. The predicted octanol–water partition coefficient (Wildman–Crippen LogP) is 3.42. The van der Waals surface area contributed by atoms with Gasteiger partial charge in [0.2, 0.25) is 0 Å². The number of benzene rings is 1. The van der Waals surface area contributed by atoms with Gasteiger partial charge in [-0.2, -0.15) is 0 Å². The number of carbonyl (C=O) groups is 1. The first-order chi connectivity index (χ1) is 14.3. The first-order valence-electron chi connectivity index (χ1n) is 10.8. The molecule has 0 unspecified atom stereocenters. The van der Waals surface area contributed by atoms with E-state index in [1.165, 1.54) is 35.5 Å². The lowest BCUT2D eigenvalue weighted by Gasteiger charge is -2.34. The summed E-state index contributed by atoms with van der Waals surface area (Å²) in [6.07, 6.45) is 2.78. The summed E-state index contributed by atoms with van der Waals surface area (Å²) in [5, 5.41) is 1.20. The highest BCUT2D eigenvalue weighted by molar-refractivity contribution is 7.18. The number of nitrogens with zero attached hydrogens (tertiary/aromatic N) is 3. The summed E-state index contributed by atoms with van der Waals surface area (Å²) >= 11 is 1.65. The third-order valence-electron chi connectivity index (χ3n) is 6.18. The molecule has 1 saturated carbocycles. The van der Waals surface area contributed by atoms with Crippen LogP contribution in [0.3, 0.4) is 0 Å². The van der Waals surface area contributed by atoms with E-state index in [2.05, 4.69) is 40.1 Å². The van der Waals surface area contributed by atoms with Gasteiger partial charge in [-0.15, -0.1) is 11.3 Å². The minimum atomic E-state index is 0.192. The number of thiophene rings is 1. The van der Waals surface area contributed by atoms with Crippen LogP contribution in [0.4, 0.5) is 5.00 Å². The number of anilines is 1. The van der Waals surface area contributed by atoms with Gasteiger partial charge in [-0.1, -0.05) is 30.3 Å². The van der Waals surface area contributed by atoms with Crippen molar-refractivity contribution in [3.63, 3.8) is 0 Å². The Balaban J connectivity index is 1.35. The van der Waals surface area contributed by atoms with Gasteiger partial charge < -0.3 is 14.5 Å². The summed E-state index contributed by atoms with van der Waals surface area (Å²) < 4.78 is 5.54. The van der Waals surface area contributed by atoms with Crippen LogP contribution in [0.1, 0.15) is 22.5 Å². The zero-order valence-electron chi connectivity index (χ0n) is 16.9. The molecule has 3 heterocycles. The molecule has 0 N–H and O–H groups in total. The van der Waals surface area contributed by atoms with E-state index in [0.717, 1.165) is 63.3 Å². The maximum Gasteiger partial charge on any atom is 0.264 e. The van der Waals surface area contributed by atoms with E-state index in [1.54, 1.807) is 11.3 Å². The summed E-state index contributed by atoms with van der Waals surface area (Å²) in [7, 11) is 0. The van der Waals surface area contributed by atoms with Crippen LogP contribution >= 0.6 is 11.3 Å². The van der Waals surface area contributed by atoms with Crippen molar-refractivity contribution in [1.82, 2.24) is 9.80 Å². The molecule has 2 saturated heterocycles. The molecule has 0 bridgehead atoms. The fourth-order valence-electron chi connectivity index (χ4n) is 4.27. The van der Waals surface area contributed by atoms with Crippen molar-refractivity contribution in [2.24, 2.45) is 5.92 Å². The van der Waals surface area contributed by atoms with Crippen molar-refractivity contribution < 1.29 is 9.53 Å². The van der Waals surface area contributed by atoms with Gasteiger partial charge in [0, 0.05) is 51.4 Å². The van der Waals surface area contributed by atoms with Crippen LogP contribution in [0, 0.1) is 5.92 Å². The highest BCUT2D eigenvalue weighted by atomic mass is 32.1. The Morgan fingerprint density at radius 2 is 1.72 bits per heavy atom. The summed E-state index contributed by atoms with van der Waals surface area (Å²) in [5.74, 6) is 1.11. The SMILES string of the molecule is O=C(c1cc(-c2ccccc2)c(N2CCOCC2)s1)N1CCN(CC2CC2)CC1. The van der Waals surface area contributed by atoms with Crippen molar-refractivity contribution in [3.8, 4) is 11.1 Å². The average molecular weight is 412 g/mol. The number of hydrogen-bond acceptors (Lipinski definition) is 5. The number of morpholine rings is 1. The highest BCUT2D eigenvalue weighted by Crippen LogP contribution is 2.40. The van der Waals surface area contributed by atoms with Crippen LogP contribution in [0.15, 0.2) is 36.4 Å². The maximum atomic E-state index is 13.3. The zero-order valence-corrected chi connectivity index (χ0v) is 17.7. The summed E-state index contributed by atoms with van der Waals surface area (Å²) in [6.45, 7) is 8.19. The number of rotatable bonds is 5. The number of piperazine rings is 1. The number of amides is 1. The molecule has 1 aliphatic carbocycles. The fourth-order valence-corrected chi connectivity index (χ4v) is 5.47. The molecule has 2 aliphatic heterocycles. The van der Waals surface area contributed by atoms with Gasteiger partial charge in [-0.3, -0.25) is 9.69 Å². The minimum absolute atomic E-state index is 0.192. The van der Waals surface area contributed by atoms with Crippen LogP contribution in [-0.4, -0.2) is 74.7 Å². The lowest BCUT2D eigenvalue weighted by atomic mass is 10.1. The molecule has 0 atom stereocenters. The lowest BCUT2D eigenvalue weighted by Crippen LogP contribution is -2.49. The molecule has 1 aromatic carbocycles. The molecule has 6 heteroatoms. The van der Waals surface area contributed by atoms with E-state index >= 15 is 0 Å². The van der Waals surface area contributed by atoms with Crippen LogP contribution < -0.4 is 4.90 Å². The van der Waals surface area contributed by atoms with Crippen LogP contribution in [0.5, 0.6) is 0 Å². The van der Waals surface area contributed by atoms with Crippen LogP contribution in [-0.2, 0) is 4.74 Å². The Morgan fingerprint density at radius 3 is 2.41 bits per heavy atom. The lowest BCUT2D eigenvalue weighted by molar-refractivity contribution is 0.0637. The maximum absolute atomic E-state index is 13.3. The van der Waals surface area contributed by atoms with E-state index < -0.39 is 0 Å². The van der Waals surface area contributed by atoms with E-state index in [0.29, 0.717) is 0 Å². The van der Waals surface area contributed by atoms with Gasteiger partial charge in [0.05, 0.1) is 23.1 Å². The number of carbonyl (C=O) groups excluding carboxylic acids is 1. The van der Waals surface area contributed by atoms with E-state index in [-0.39, 0.29) is 5.91 Å². The number of hydrogen-bond donors (Lipinski definition) is 0. The zero-order chi connectivity index (χ0) is 19.6. The third kappa shape index (κ3) is 4.34. The second-order valence-corrected chi connectivity index (χ2v) is 9.36. The topological polar surface area (TPSA) is 36.0 Å². The third-order valence-corrected chi connectivity index (χ3v) is 7.36. The highest BCUT2D eigenvalue weighted by Gasteiger charge is 2.29. The molecule has 29 heavy (non-hydrogen) atoms. The van der Waals surface area contributed by atoms with Gasteiger partial charge in [-0.25, -0.2) is 0 Å². The van der Waals surface area contributed by atoms with E-state index in [1.807, 2.05) is 11.0 Å². The smallest absolute Gasteiger partial charge is 0.264 e. The van der Waals surface area contributed by atoms with Crippen molar-refractivity contribution in [3.05, 3.63) is 41.3 Å². The second kappa shape index (κ2) is 8.46. The normalized spacial score (nSPS) is 20.8. The molecule has 0 spiro atoms. The summed E-state index contributed by atoms with van der Waals surface area (Å²) in [6, 6.07) is 12.6. The van der Waals surface area contributed by atoms with Gasteiger partial charge in [0.15, 0.2) is 0 Å². The quantitative estimate of drug-likeness (QED) is 0.755. The summed E-state index contributed by atoms with van der Waals surface area (Å²) in [5.41, 5.74) is 2.35. The molecule has 5 nitrogen and oxygen atoms in total. The van der Waals surface area contributed by atoms with Crippen LogP contribution in [0.2, 0.25) is 0 Å². The Hall–Kier alpha value is -1.89. The molecule has 3 fully saturated rings. The van der Waals surface area contributed by atoms with Gasteiger partial charge in [-0.05, 0) is 30.4 Å². The van der Waals surface area contributed by atoms with Gasteiger partial charge in [0.25, 0.3) is 5.91 Å². The average Bonchev–Trinajstić information content (AvgIpc) is 3.49. The fraction of sp³-hybridized carbons (Fsp3) is 0.522. The Labute approximate surface area is 176 Å². The predicted molar refractivity (Wildman–Crippen MR) is 118 cm³/mol. The Morgan fingerprint density at radius 1 is 1.00 bits per heavy atom. The molecule has 154 valence electrons. The second-order valence-electron chi connectivity index (χ2n) is 8.33. The number of ether oxygens (including phenoxy) is 1. The molecule has 1 aromatic heterocycles. The van der Waals surface area contributed by atoms with Crippen molar-refractivity contribution >= 4 is 22.2 Å². The monoisotopic (exact) mass is 411 g/mol. The molecule has 3 aliphatic rings. The van der Waals surface area contributed by atoms with Crippen LogP contribution in [0.25, 0.3) is 11.1 Å². The van der Waals surface area contributed by atoms with E-state index in [9.17, 15) is 4.79 Å². The molecular formula is C23H29N3O2S. The van der Waals surface area contributed by atoms with Crippen molar-refractivity contribution in [1.29, 1.82) is 0 Å². The van der Waals surface area contributed by atoms with E-state index in [4.69, 9.17) is 4.74 Å². The molecular weight excluding hydrogens is 382 g/mol. The largest absolute Gasteiger partial charge is 0.378 e. The van der Waals surface area contributed by atoms with Crippen molar-refractivity contribution in [2.75, 3.05) is 63.9 Å². The molecule has 0 radical (unpaired) electrons. The van der Waals surface area contributed by atoms with Crippen molar-refractivity contribution in [2.45, 2.75) is 12.8 Å². The summed E-state index contributed by atoms with van der Waals surface area (Å²) in [4.78, 5) is 21.1. The Bertz CT molecular complexity index is 835. The molecule has 2 aromatic rings. The molecule has 1 amide bonds. The first kappa shape index (κ1) is 19.1. The standard InChI is InChI=1S/C23H29N3O2S/c27-22(25-10-8-24(9-11-25)17-18-6-7-18)21-16-20(19-4-2-1-3-5-19)23(29-21)26-12-14-28-15-13-26/h1-5,16,18H,6-15,17H2. The van der Waals surface area contributed by atoms with Gasteiger partial charge in [0.1, 0.15) is 0 Å².